The van der Waals surface area contributed by atoms with Gasteiger partial charge in [0, 0.05) is 25.1 Å². The number of carbonyl (C=O) groups excluding carboxylic acids is 1. The van der Waals surface area contributed by atoms with Crippen molar-refractivity contribution in [3.63, 3.8) is 0 Å². The fraction of sp³-hybridized carbons (Fsp3) is 0.643. The molecule has 100 valence electrons. The van der Waals surface area contributed by atoms with Gasteiger partial charge in [-0.25, -0.2) is 0 Å². The van der Waals surface area contributed by atoms with E-state index in [-0.39, 0.29) is 5.78 Å². The number of rotatable bonds is 6. The fourth-order valence-electron chi connectivity index (χ4n) is 2.32. The fourth-order valence-corrected chi connectivity index (χ4v) is 3.77. The molecule has 0 spiro atoms. The summed E-state index contributed by atoms with van der Waals surface area (Å²) in [6.07, 6.45) is 2.97. The van der Waals surface area contributed by atoms with Crippen molar-refractivity contribution >= 4 is 27.8 Å². The van der Waals surface area contributed by atoms with Crippen LogP contribution in [-0.4, -0.2) is 18.9 Å². The van der Waals surface area contributed by atoms with E-state index in [1.54, 1.807) is 11.3 Å². The van der Waals surface area contributed by atoms with Gasteiger partial charge < -0.3 is 10.6 Å². The Balaban J connectivity index is 2.47. The van der Waals surface area contributed by atoms with Crippen LogP contribution in [-0.2, 0) is 0 Å². The molecular formula is C14H22N2OS. The van der Waals surface area contributed by atoms with E-state index in [1.807, 2.05) is 6.92 Å². The Kier molecular flexibility index (Phi) is 3.95. The first kappa shape index (κ1) is 13.4. The molecule has 1 aromatic rings. The van der Waals surface area contributed by atoms with Crippen LogP contribution in [0, 0.1) is 0 Å². The molecule has 18 heavy (non-hydrogen) atoms. The first-order chi connectivity index (χ1) is 8.63. The van der Waals surface area contributed by atoms with Gasteiger partial charge in [0.2, 0.25) is 0 Å². The van der Waals surface area contributed by atoms with E-state index in [9.17, 15) is 4.79 Å². The van der Waals surface area contributed by atoms with E-state index < -0.39 is 0 Å². The van der Waals surface area contributed by atoms with Crippen molar-refractivity contribution in [3.8, 4) is 0 Å². The van der Waals surface area contributed by atoms with E-state index in [1.165, 1.54) is 23.4 Å². The summed E-state index contributed by atoms with van der Waals surface area (Å²) in [6, 6.07) is 0. The first-order valence-corrected chi connectivity index (χ1v) is 7.65. The molecule has 2 N–H and O–H groups in total. The summed E-state index contributed by atoms with van der Waals surface area (Å²) in [5.74, 6) is 0.771. The standard InChI is InChI=1S/C14H22N2OS/c1-4-10(17)13-12(15)11(9-7-8-9)14(18-13)16(5-2)6-3/h9H,4-8,15H2,1-3H3. The zero-order valence-electron chi connectivity index (χ0n) is 11.5. The van der Waals surface area contributed by atoms with E-state index in [0.717, 1.165) is 23.7 Å². The number of carbonyl (C=O) groups is 1. The quantitative estimate of drug-likeness (QED) is 0.799. The van der Waals surface area contributed by atoms with Gasteiger partial charge in [0.1, 0.15) is 0 Å². The Morgan fingerprint density at radius 3 is 2.39 bits per heavy atom. The molecule has 0 aliphatic heterocycles. The molecule has 1 fully saturated rings. The number of nitrogen functional groups attached to an aromatic ring is 1. The lowest BCUT2D eigenvalue weighted by Gasteiger charge is -2.20. The highest BCUT2D eigenvalue weighted by atomic mass is 32.1. The van der Waals surface area contributed by atoms with Crippen molar-refractivity contribution in [2.75, 3.05) is 23.7 Å². The first-order valence-electron chi connectivity index (χ1n) is 6.84. The van der Waals surface area contributed by atoms with Crippen LogP contribution in [0.3, 0.4) is 0 Å². The summed E-state index contributed by atoms with van der Waals surface area (Å²) in [6.45, 7) is 8.13. The lowest BCUT2D eigenvalue weighted by molar-refractivity contribution is 0.0993. The van der Waals surface area contributed by atoms with Crippen molar-refractivity contribution in [1.29, 1.82) is 0 Å². The van der Waals surface area contributed by atoms with Crippen molar-refractivity contribution in [2.45, 2.75) is 46.0 Å². The predicted molar refractivity (Wildman–Crippen MR) is 78.9 cm³/mol. The molecule has 1 saturated carbocycles. The molecule has 0 bridgehead atoms. The molecular weight excluding hydrogens is 244 g/mol. The van der Waals surface area contributed by atoms with Gasteiger partial charge in [-0.15, -0.1) is 11.3 Å². The van der Waals surface area contributed by atoms with Crippen LogP contribution in [0.1, 0.15) is 61.2 Å². The van der Waals surface area contributed by atoms with E-state index in [2.05, 4.69) is 18.7 Å². The number of hydrogen-bond acceptors (Lipinski definition) is 4. The van der Waals surface area contributed by atoms with Crippen LogP contribution in [0.5, 0.6) is 0 Å². The molecule has 0 unspecified atom stereocenters. The Morgan fingerprint density at radius 2 is 1.94 bits per heavy atom. The summed E-state index contributed by atoms with van der Waals surface area (Å²) in [5.41, 5.74) is 8.24. The maximum Gasteiger partial charge on any atom is 0.174 e. The van der Waals surface area contributed by atoms with Crippen LogP contribution >= 0.6 is 11.3 Å². The van der Waals surface area contributed by atoms with Crippen molar-refractivity contribution in [3.05, 3.63) is 10.4 Å². The minimum atomic E-state index is 0.179. The third kappa shape index (κ3) is 2.26. The number of ketones is 1. The average molecular weight is 266 g/mol. The van der Waals surface area contributed by atoms with Crippen molar-refractivity contribution < 1.29 is 4.79 Å². The summed E-state index contributed by atoms with van der Waals surface area (Å²) in [4.78, 5) is 15.1. The second-order valence-corrected chi connectivity index (χ2v) is 5.79. The Hall–Kier alpha value is -1.03. The predicted octanol–water partition coefficient (Wildman–Crippen LogP) is 3.65. The van der Waals surface area contributed by atoms with Gasteiger partial charge in [-0.1, -0.05) is 6.92 Å². The van der Waals surface area contributed by atoms with Gasteiger partial charge >= 0.3 is 0 Å². The van der Waals surface area contributed by atoms with Gasteiger partial charge in [0.05, 0.1) is 15.6 Å². The van der Waals surface area contributed by atoms with Gasteiger partial charge in [0.25, 0.3) is 0 Å². The van der Waals surface area contributed by atoms with E-state index >= 15 is 0 Å². The zero-order valence-corrected chi connectivity index (χ0v) is 12.3. The molecule has 2 rings (SSSR count). The Morgan fingerprint density at radius 1 is 1.33 bits per heavy atom. The molecule has 1 heterocycles. The summed E-state index contributed by atoms with van der Waals surface area (Å²) < 4.78 is 0. The molecule has 1 aliphatic carbocycles. The van der Waals surface area contributed by atoms with Crippen LogP contribution in [0.2, 0.25) is 0 Å². The third-order valence-corrected chi connectivity index (χ3v) is 4.90. The van der Waals surface area contributed by atoms with Crippen LogP contribution in [0.4, 0.5) is 10.7 Å². The molecule has 0 saturated heterocycles. The van der Waals surface area contributed by atoms with Crippen molar-refractivity contribution in [1.82, 2.24) is 0 Å². The Bertz CT molecular complexity index is 445. The summed E-state index contributed by atoms with van der Waals surface area (Å²) >= 11 is 1.60. The van der Waals surface area contributed by atoms with Crippen LogP contribution in [0.15, 0.2) is 0 Å². The van der Waals surface area contributed by atoms with Gasteiger partial charge in [-0.3, -0.25) is 4.79 Å². The largest absolute Gasteiger partial charge is 0.397 e. The monoisotopic (exact) mass is 266 g/mol. The number of Topliss-reactive ketones (excluding diaryl/α,β-unsaturated/α-hetero) is 1. The molecule has 1 aliphatic rings. The lowest BCUT2D eigenvalue weighted by atomic mass is 10.1. The smallest absolute Gasteiger partial charge is 0.174 e. The van der Waals surface area contributed by atoms with E-state index in [0.29, 0.717) is 12.3 Å². The van der Waals surface area contributed by atoms with Crippen LogP contribution < -0.4 is 10.6 Å². The maximum atomic E-state index is 12.0. The molecule has 0 radical (unpaired) electrons. The Labute approximate surface area is 113 Å². The SMILES string of the molecule is CCC(=O)c1sc(N(CC)CC)c(C2CC2)c1N. The molecule has 3 nitrogen and oxygen atoms in total. The maximum absolute atomic E-state index is 12.0. The molecule has 0 amide bonds. The molecule has 0 aromatic carbocycles. The molecule has 4 heteroatoms. The zero-order chi connectivity index (χ0) is 13.3. The van der Waals surface area contributed by atoms with Crippen LogP contribution in [0.25, 0.3) is 0 Å². The van der Waals surface area contributed by atoms with Crippen molar-refractivity contribution in [2.24, 2.45) is 0 Å². The number of nitrogens with two attached hydrogens (primary N) is 1. The highest BCUT2D eigenvalue weighted by Gasteiger charge is 2.33. The number of anilines is 2. The lowest BCUT2D eigenvalue weighted by Crippen LogP contribution is -2.21. The highest BCUT2D eigenvalue weighted by Crippen LogP contribution is 2.52. The topological polar surface area (TPSA) is 46.3 Å². The number of nitrogens with zero attached hydrogens (tertiary/aromatic N) is 1. The number of hydrogen-bond donors (Lipinski definition) is 1. The van der Waals surface area contributed by atoms with Gasteiger partial charge in [-0.05, 0) is 32.6 Å². The molecule has 0 atom stereocenters. The summed E-state index contributed by atoms with van der Waals surface area (Å²) in [5, 5.41) is 1.23. The second-order valence-electron chi connectivity index (χ2n) is 4.79. The second kappa shape index (κ2) is 5.31. The third-order valence-electron chi connectivity index (χ3n) is 3.57. The average Bonchev–Trinajstić information content (AvgIpc) is 3.15. The van der Waals surface area contributed by atoms with Gasteiger partial charge in [-0.2, -0.15) is 0 Å². The highest BCUT2D eigenvalue weighted by molar-refractivity contribution is 7.19. The number of thiophene rings is 1. The normalized spacial score (nSPS) is 14.8. The molecule has 1 aromatic heterocycles. The summed E-state index contributed by atoms with van der Waals surface area (Å²) in [7, 11) is 0. The van der Waals surface area contributed by atoms with Gasteiger partial charge in [0.15, 0.2) is 5.78 Å². The minimum Gasteiger partial charge on any atom is -0.397 e. The van der Waals surface area contributed by atoms with E-state index in [4.69, 9.17) is 5.73 Å². The minimum absolute atomic E-state index is 0.179.